The molecular weight excluding hydrogens is 177 g/mol. The van der Waals surface area contributed by atoms with E-state index in [-0.39, 0.29) is 11.9 Å². The van der Waals surface area contributed by atoms with Crippen LogP contribution in [0.5, 0.6) is 0 Å². The SMILES string of the molecule is C=CC(Nc1ccc(F)cc1)C(C)C. The lowest BCUT2D eigenvalue weighted by molar-refractivity contribution is 0.600. The molecular formula is C12H16FN. The van der Waals surface area contributed by atoms with Gasteiger partial charge in [-0.05, 0) is 30.2 Å². The molecule has 0 amide bonds. The molecule has 1 aromatic rings. The fourth-order valence-corrected chi connectivity index (χ4v) is 1.24. The van der Waals surface area contributed by atoms with Gasteiger partial charge in [0, 0.05) is 11.7 Å². The lowest BCUT2D eigenvalue weighted by Gasteiger charge is -2.19. The number of hydrogen-bond acceptors (Lipinski definition) is 1. The Morgan fingerprint density at radius 1 is 1.29 bits per heavy atom. The molecule has 1 rings (SSSR count). The summed E-state index contributed by atoms with van der Waals surface area (Å²) in [6.07, 6.45) is 1.87. The Morgan fingerprint density at radius 3 is 2.29 bits per heavy atom. The molecule has 0 aromatic heterocycles. The summed E-state index contributed by atoms with van der Waals surface area (Å²) in [5.74, 6) is 0.257. The molecule has 0 aliphatic carbocycles. The number of nitrogens with one attached hydrogen (secondary N) is 1. The predicted octanol–water partition coefficient (Wildman–Crippen LogP) is 3.45. The highest BCUT2D eigenvalue weighted by Gasteiger charge is 2.07. The van der Waals surface area contributed by atoms with E-state index >= 15 is 0 Å². The van der Waals surface area contributed by atoms with Crippen molar-refractivity contribution in [1.82, 2.24) is 0 Å². The molecule has 14 heavy (non-hydrogen) atoms. The normalized spacial score (nSPS) is 12.6. The number of hydrogen-bond donors (Lipinski definition) is 1. The summed E-state index contributed by atoms with van der Waals surface area (Å²) in [6.45, 7) is 7.99. The van der Waals surface area contributed by atoms with E-state index in [1.807, 2.05) is 6.08 Å². The van der Waals surface area contributed by atoms with E-state index < -0.39 is 0 Å². The summed E-state index contributed by atoms with van der Waals surface area (Å²) < 4.78 is 12.6. The Morgan fingerprint density at radius 2 is 1.86 bits per heavy atom. The first kappa shape index (κ1) is 10.8. The Hall–Kier alpha value is -1.31. The van der Waals surface area contributed by atoms with Crippen LogP contribution >= 0.6 is 0 Å². The molecule has 0 bridgehead atoms. The van der Waals surface area contributed by atoms with Crippen LogP contribution in [0.4, 0.5) is 10.1 Å². The molecule has 1 unspecified atom stereocenters. The second-order valence-corrected chi connectivity index (χ2v) is 3.66. The molecule has 1 N–H and O–H groups in total. The van der Waals surface area contributed by atoms with E-state index in [4.69, 9.17) is 0 Å². The van der Waals surface area contributed by atoms with Crippen molar-refractivity contribution in [3.63, 3.8) is 0 Å². The zero-order valence-electron chi connectivity index (χ0n) is 8.63. The van der Waals surface area contributed by atoms with Crippen molar-refractivity contribution in [2.45, 2.75) is 19.9 Å². The van der Waals surface area contributed by atoms with E-state index in [0.29, 0.717) is 5.92 Å². The number of benzene rings is 1. The minimum absolute atomic E-state index is 0.213. The van der Waals surface area contributed by atoms with Crippen LogP contribution in [-0.4, -0.2) is 6.04 Å². The van der Waals surface area contributed by atoms with E-state index in [2.05, 4.69) is 25.7 Å². The minimum atomic E-state index is -0.213. The van der Waals surface area contributed by atoms with Gasteiger partial charge in [-0.3, -0.25) is 0 Å². The highest BCUT2D eigenvalue weighted by atomic mass is 19.1. The van der Waals surface area contributed by atoms with E-state index in [0.717, 1.165) is 5.69 Å². The average molecular weight is 193 g/mol. The van der Waals surface area contributed by atoms with Crippen molar-refractivity contribution in [2.75, 3.05) is 5.32 Å². The van der Waals surface area contributed by atoms with Gasteiger partial charge in [-0.15, -0.1) is 6.58 Å². The van der Waals surface area contributed by atoms with Gasteiger partial charge >= 0.3 is 0 Å². The maximum atomic E-state index is 12.6. The van der Waals surface area contributed by atoms with E-state index in [9.17, 15) is 4.39 Å². The third-order valence-corrected chi connectivity index (χ3v) is 2.15. The summed E-state index contributed by atoms with van der Waals surface area (Å²) in [6, 6.07) is 6.58. The molecule has 0 aliphatic rings. The number of anilines is 1. The maximum Gasteiger partial charge on any atom is 0.123 e. The topological polar surface area (TPSA) is 12.0 Å². The fraction of sp³-hybridized carbons (Fsp3) is 0.333. The van der Waals surface area contributed by atoms with Crippen molar-refractivity contribution in [1.29, 1.82) is 0 Å². The third kappa shape index (κ3) is 2.87. The average Bonchev–Trinajstić information content (AvgIpc) is 2.16. The van der Waals surface area contributed by atoms with Crippen molar-refractivity contribution in [3.8, 4) is 0 Å². The van der Waals surface area contributed by atoms with Crippen LogP contribution in [0, 0.1) is 11.7 Å². The smallest absolute Gasteiger partial charge is 0.123 e. The van der Waals surface area contributed by atoms with E-state index in [1.165, 1.54) is 12.1 Å². The van der Waals surface area contributed by atoms with Crippen LogP contribution in [0.3, 0.4) is 0 Å². The first-order valence-corrected chi connectivity index (χ1v) is 4.78. The summed E-state index contributed by atoms with van der Waals surface area (Å²) >= 11 is 0. The molecule has 76 valence electrons. The third-order valence-electron chi connectivity index (χ3n) is 2.15. The van der Waals surface area contributed by atoms with Crippen molar-refractivity contribution < 1.29 is 4.39 Å². The second kappa shape index (κ2) is 4.80. The van der Waals surface area contributed by atoms with Gasteiger partial charge in [-0.2, -0.15) is 0 Å². The van der Waals surface area contributed by atoms with Gasteiger partial charge in [-0.25, -0.2) is 4.39 Å². The standard InChI is InChI=1S/C12H16FN/c1-4-12(9(2)3)14-11-7-5-10(13)6-8-11/h4-9,12,14H,1H2,2-3H3. The second-order valence-electron chi connectivity index (χ2n) is 3.66. The summed E-state index contributed by atoms with van der Waals surface area (Å²) in [5.41, 5.74) is 0.921. The van der Waals surface area contributed by atoms with Gasteiger partial charge in [0.15, 0.2) is 0 Å². The largest absolute Gasteiger partial charge is 0.379 e. The van der Waals surface area contributed by atoms with Gasteiger partial charge in [0.25, 0.3) is 0 Å². The maximum absolute atomic E-state index is 12.6. The molecule has 0 fully saturated rings. The van der Waals surface area contributed by atoms with Gasteiger partial charge in [0.1, 0.15) is 5.82 Å². The fourth-order valence-electron chi connectivity index (χ4n) is 1.24. The lowest BCUT2D eigenvalue weighted by atomic mass is 10.0. The van der Waals surface area contributed by atoms with Crippen molar-refractivity contribution >= 4 is 5.69 Å². The molecule has 0 radical (unpaired) electrons. The highest BCUT2D eigenvalue weighted by Crippen LogP contribution is 2.13. The lowest BCUT2D eigenvalue weighted by Crippen LogP contribution is -2.22. The minimum Gasteiger partial charge on any atom is -0.379 e. The van der Waals surface area contributed by atoms with Crippen LogP contribution in [0.25, 0.3) is 0 Å². The molecule has 1 atom stereocenters. The van der Waals surface area contributed by atoms with Crippen molar-refractivity contribution in [3.05, 3.63) is 42.7 Å². The van der Waals surface area contributed by atoms with Gasteiger partial charge in [0.05, 0.1) is 0 Å². The molecule has 1 aromatic carbocycles. The Labute approximate surface area is 84.6 Å². The van der Waals surface area contributed by atoms with Crippen LogP contribution in [0.15, 0.2) is 36.9 Å². The number of halogens is 1. The summed E-state index contributed by atoms with van der Waals surface area (Å²) in [4.78, 5) is 0. The van der Waals surface area contributed by atoms with Crippen LogP contribution in [-0.2, 0) is 0 Å². The first-order valence-electron chi connectivity index (χ1n) is 4.78. The zero-order valence-corrected chi connectivity index (χ0v) is 8.63. The summed E-state index contributed by atoms with van der Waals surface area (Å²) in [5, 5.41) is 3.27. The van der Waals surface area contributed by atoms with Crippen LogP contribution < -0.4 is 5.32 Å². The molecule has 0 spiro atoms. The van der Waals surface area contributed by atoms with Crippen LogP contribution in [0.2, 0.25) is 0 Å². The Balaban J connectivity index is 2.67. The quantitative estimate of drug-likeness (QED) is 0.722. The molecule has 2 heteroatoms. The predicted molar refractivity (Wildman–Crippen MR) is 58.8 cm³/mol. The first-order chi connectivity index (χ1) is 6.63. The van der Waals surface area contributed by atoms with Gasteiger partial charge in [0.2, 0.25) is 0 Å². The monoisotopic (exact) mass is 193 g/mol. The highest BCUT2D eigenvalue weighted by molar-refractivity contribution is 5.44. The molecule has 1 nitrogen and oxygen atoms in total. The van der Waals surface area contributed by atoms with Gasteiger partial charge < -0.3 is 5.32 Å². The Bertz CT molecular complexity index is 290. The zero-order chi connectivity index (χ0) is 10.6. The molecule has 0 saturated carbocycles. The molecule has 0 saturated heterocycles. The molecule has 0 heterocycles. The van der Waals surface area contributed by atoms with E-state index in [1.54, 1.807) is 12.1 Å². The summed E-state index contributed by atoms with van der Waals surface area (Å²) in [7, 11) is 0. The van der Waals surface area contributed by atoms with Gasteiger partial charge in [-0.1, -0.05) is 19.9 Å². The molecule has 0 aliphatic heterocycles. The Kier molecular flexibility index (Phi) is 3.69. The van der Waals surface area contributed by atoms with Crippen molar-refractivity contribution in [2.24, 2.45) is 5.92 Å². The number of rotatable bonds is 4. The van der Waals surface area contributed by atoms with Crippen LogP contribution in [0.1, 0.15) is 13.8 Å².